The SMILES string of the molecule is CCOc1ccc2nc(SC(=O)c3ccccc3)[nH]c2c1.[Cl-]. The van der Waals surface area contributed by atoms with Gasteiger partial charge in [-0.3, -0.25) is 4.79 Å². The minimum Gasteiger partial charge on any atom is -1.00 e. The molecule has 0 amide bonds. The number of aromatic amines is 1. The Kier molecular flexibility index (Phi) is 5.46. The number of aromatic nitrogens is 2. The molecule has 3 rings (SSSR count). The van der Waals surface area contributed by atoms with Crippen LogP contribution >= 0.6 is 11.8 Å². The lowest BCUT2D eigenvalue weighted by Crippen LogP contribution is -3.00. The van der Waals surface area contributed by atoms with Gasteiger partial charge in [-0.05, 0) is 30.8 Å². The average Bonchev–Trinajstić information content (AvgIpc) is 2.90. The van der Waals surface area contributed by atoms with Gasteiger partial charge in [-0.1, -0.05) is 30.3 Å². The molecule has 1 N–H and O–H groups in total. The summed E-state index contributed by atoms with van der Waals surface area (Å²) >= 11 is 1.10. The fraction of sp³-hybridized carbons (Fsp3) is 0.125. The molecule has 0 saturated heterocycles. The number of nitrogens with zero attached hydrogens (tertiary/aromatic N) is 1. The molecule has 0 saturated carbocycles. The molecule has 0 aliphatic carbocycles. The van der Waals surface area contributed by atoms with Gasteiger partial charge >= 0.3 is 0 Å². The molecule has 1 heterocycles. The van der Waals surface area contributed by atoms with Crippen LogP contribution in [0.15, 0.2) is 53.7 Å². The van der Waals surface area contributed by atoms with E-state index in [1.54, 1.807) is 12.1 Å². The van der Waals surface area contributed by atoms with Crippen molar-refractivity contribution in [1.82, 2.24) is 9.97 Å². The Morgan fingerprint density at radius 3 is 2.73 bits per heavy atom. The number of carbonyl (C=O) groups excluding carboxylic acids is 1. The second-order valence-corrected chi connectivity index (χ2v) is 5.37. The number of rotatable bonds is 4. The number of imidazole rings is 1. The van der Waals surface area contributed by atoms with E-state index in [2.05, 4.69) is 9.97 Å². The van der Waals surface area contributed by atoms with Crippen molar-refractivity contribution >= 4 is 27.9 Å². The smallest absolute Gasteiger partial charge is 0.227 e. The van der Waals surface area contributed by atoms with Gasteiger partial charge in [0.25, 0.3) is 0 Å². The van der Waals surface area contributed by atoms with Crippen LogP contribution in [0.5, 0.6) is 5.75 Å². The number of halogens is 1. The van der Waals surface area contributed by atoms with E-state index in [9.17, 15) is 4.79 Å². The summed E-state index contributed by atoms with van der Waals surface area (Å²) in [6.45, 7) is 2.56. The number of carbonyl (C=O) groups is 1. The summed E-state index contributed by atoms with van der Waals surface area (Å²) < 4.78 is 5.45. The molecule has 0 aliphatic heterocycles. The maximum atomic E-state index is 12.1. The Morgan fingerprint density at radius 2 is 2.00 bits per heavy atom. The molecule has 114 valence electrons. The minimum absolute atomic E-state index is 0. The molecular formula is C16H14ClN2O2S-. The van der Waals surface area contributed by atoms with Crippen LogP contribution in [-0.2, 0) is 0 Å². The fourth-order valence-electron chi connectivity index (χ4n) is 1.99. The van der Waals surface area contributed by atoms with E-state index < -0.39 is 0 Å². The monoisotopic (exact) mass is 333 g/mol. The number of hydrogen-bond donors (Lipinski definition) is 1. The van der Waals surface area contributed by atoms with Crippen molar-refractivity contribution in [2.45, 2.75) is 12.1 Å². The standard InChI is InChI=1S/C16H14N2O2S.ClH/c1-2-20-12-8-9-13-14(10-12)18-16(17-13)21-15(19)11-6-4-3-5-7-11;/h3-10H,2H2,1H3,(H,17,18);1H/p-1. The summed E-state index contributed by atoms with van der Waals surface area (Å²) in [5, 5.41) is 0.562. The highest BCUT2D eigenvalue weighted by molar-refractivity contribution is 8.14. The number of H-pyrrole nitrogens is 1. The summed E-state index contributed by atoms with van der Waals surface area (Å²) in [7, 11) is 0. The molecule has 0 atom stereocenters. The first-order chi connectivity index (χ1) is 10.3. The summed E-state index contributed by atoms with van der Waals surface area (Å²) in [5.74, 6) is 0.791. The molecule has 4 nitrogen and oxygen atoms in total. The zero-order valence-electron chi connectivity index (χ0n) is 11.9. The van der Waals surface area contributed by atoms with Gasteiger partial charge in [-0.2, -0.15) is 0 Å². The van der Waals surface area contributed by atoms with E-state index in [1.807, 2.05) is 43.3 Å². The van der Waals surface area contributed by atoms with Crippen LogP contribution in [0.2, 0.25) is 0 Å². The number of fused-ring (bicyclic) bond motifs is 1. The number of thioether (sulfide) groups is 1. The van der Waals surface area contributed by atoms with Gasteiger partial charge in [0.05, 0.1) is 17.6 Å². The number of hydrogen-bond acceptors (Lipinski definition) is 4. The van der Waals surface area contributed by atoms with Crippen LogP contribution in [0.4, 0.5) is 0 Å². The van der Waals surface area contributed by atoms with Gasteiger partial charge < -0.3 is 22.1 Å². The largest absolute Gasteiger partial charge is 1.00 e. The van der Waals surface area contributed by atoms with Gasteiger partial charge in [0.15, 0.2) is 5.16 Å². The molecule has 0 aliphatic rings. The van der Waals surface area contributed by atoms with Crippen molar-refractivity contribution in [2.24, 2.45) is 0 Å². The second-order valence-electron chi connectivity index (χ2n) is 4.41. The predicted molar refractivity (Wildman–Crippen MR) is 83.9 cm³/mol. The van der Waals surface area contributed by atoms with Gasteiger partial charge in [-0.25, -0.2) is 4.98 Å². The zero-order chi connectivity index (χ0) is 14.7. The molecule has 3 aromatic rings. The Labute approximate surface area is 138 Å². The van der Waals surface area contributed by atoms with E-state index in [0.29, 0.717) is 17.3 Å². The first kappa shape index (κ1) is 16.4. The average molecular weight is 334 g/mol. The molecular weight excluding hydrogens is 320 g/mol. The van der Waals surface area contributed by atoms with Crippen molar-refractivity contribution in [2.75, 3.05) is 6.61 Å². The highest BCUT2D eigenvalue weighted by atomic mass is 35.5. The van der Waals surface area contributed by atoms with E-state index >= 15 is 0 Å². The van der Waals surface area contributed by atoms with Crippen molar-refractivity contribution in [3.8, 4) is 5.75 Å². The molecule has 0 radical (unpaired) electrons. The highest BCUT2D eigenvalue weighted by Crippen LogP contribution is 2.25. The third kappa shape index (κ3) is 3.61. The number of benzene rings is 2. The summed E-state index contributed by atoms with van der Waals surface area (Å²) in [5.41, 5.74) is 2.35. The molecule has 22 heavy (non-hydrogen) atoms. The van der Waals surface area contributed by atoms with E-state index in [0.717, 1.165) is 28.5 Å². The molecule has 0 fully saturated rings. The van der Waals surface area contributed by atoms with Crippen LogP contribution in [0, 0.1) is 0 Å². The van der Waals surface area contributed by atoms with Crippen molar-refractivity contribution in [3.05, 3.63) is 54.1 Å². The Hall–Kier alpha value is -1.98. The third-order valence-corrected chi connectivity index (χ3v) is 3.75. The maximum Gasteiger partial charge on any atom is 0.227 e. The fourth-order valence-corrected chi connectivity index (χ4v) is 2.73. The lowest BCUT2D eigenvalue weighted by Gasteiger charge is -2.00. The quantitative estimate of drug-likeness (QED) is 0.721. The first-order valence-corrected chi connectivity index (χ1v) is 7.47. The van der Waals surface area contributed by atoms with Crippen molar-refractivity contribution < 1.29 is 21.9 Å². The van der Waals surface area contributed by atoms with E-state index in [1.165, 1.54) is 0 Å². The van der Waals surface area contributed by atoms with Gasteiger partial charge in [0.1, 0.15) is 5.75 Å². The van der Waals surface area contributed by atoms with Crippen molar-refractivity contribution in [1.29, 1.82) is 0 Å². The molecule has 2 aromatic carbocycles. The zero-order valence-corrected chi connectivity index (χ0v) is 13.4. The molecule has 0 unspecified atom stereocenters. The maximum absolute atomic E-state index is 12.1. The molecule has 0 bridgehead atoms. The summed E-state index contributed by atoms with van der Waals surface area (Å²) in [6, 6.07) is 14.8. The molecule has 6 heteroatoms. The normalized spacial score (nSPS) is 10.2. The van der Waals surface area contributed by atoms with Gasteiger partial charge in [0.2, 0.25) is 5.12 Å². The number of ether oxygens (including phenoxy) is 1. The van der Waals surface area contributed by atoms with Crippen LogP contribution in [-0.4, -0.2) is 21.7 Å². The van der Waals surface area contributed by atoms with Gasteiger partial charge in [0, 0.05) is 11.6 Å². The summed E-state index contributed by atoms with van der Waals surface area (Å²) in [4.78, 5) is 19.7. The lowest BCUT2D eigenvalue weighted by molar-refractivity contribution is -0.0000116. The van der Waals surface area contributed by atoms with E-state index in [-0.39, 0.29) is 17.5 Å². The van der Waals surface area contributed by atoms with Crippen LogP contribution in [0.3, 0.4) is 0 Å². The van der Waals surface area contributed by atoms with E-state index in [4.69, 9.17) is 4.74 Å². The molecule has 1 aromatic heterocycles. The Morgan fingerprint density at radius 1 is 1.23 bits per heavy atom. The Bertz CT molecular complexity index is 774. The molecule has 0 spiro atoms. The predicted octanol–water partition coefficient (Wildman–Crippen LogP) is 0.898. The number of nitrogens with one attached hydrogen (secondary N) is 1. The Balaban J connectivity index is 0.00000176. The topological polar surface area (TPSA) is 55.0 Å². The minimum atomic E-state index is -0.0281. The van der Waals surface area contributed by atoms with Crippen molar-refractivity contribution in [3.63, 3.8) is 0 Å². The summed E-state index contributed by atoms with van der Waals surface area (Å²) in [6.07, 6.45) is 0. The van der Waals surface area contributed by atoms with Gasteiger partial charge in [-0.15, -0.1) is 0 Å². The van der Waals surface area contributed by atoms with Crippen LogP contribution in [0.1, 0.15) is 17.3 Å². The third-order valence-electron chi connectivity index (χ3n) is 2.94. The van der Waals surface area contributed by atoms with Crippen LogP contribution in [0.25, 0.3) is 11.0 Å². The first-order valence-electron chi connectivity index (χ1n) is 6.66. The highest BCUT2D eigenvalue weighted by Gasteiger charge is 2.11. The lowest BCUT2D eigenvalue weighted by atomic mass is 10.2. The second kappa shape index (κ2) is 7.33. The van der Waals surface area contributed by atoms with Crippen LogP contribution < -0.4 is 17.1 Å².